The average Bonchev–Trinajstić information content (AvgIpc) is 3.22. The van der Waals surface area contributed by atoms with E-state index in [0.29, 0.717) is 24.2 Å². The molecular weight excluding hydrogens is 312 g/mol. The van der Waals surface area contributed by atoms with Crippen LogP contribution in [0.4, 0.5) is 0 Å². The fourth-order valence-corrected chi connectivity index (χ4v) is 6.55. The Morgan fingerprint density at radius 3 is 2.84 bits per heavy atom. The van der Waals surface area contributed by atoms with Crippen molar-refractivity contribution in [3.63, 3.8) is 0 Å². The van der Waals surface area contributed by atoms with Crippen molar-refractivity contribution < 1.29 is 9.32 Å². The van der Waals surface area contributed by atoms with E-state index in [1.165, 1.54) is 24.1 Å². The molecule has 1 amide bonds. The Balaban J connectivity index is 1.49. The first kappa shape index (κ1) is 15.4. The van der Waals surface area contributed by atoms with Gasteiger partial charge in [-0.15, -0.1) is 0 Å². The van der Waals surface area contributed by atoms with E-state index in [9.17, 15) is 4.79 Å². The topological polar surface area (TPSA) is 55.1 Å². The number of nitrogens with zero attached hydrogens (tertiary/aromatic N) is 1. The average molecular weight is 338 g/mol. The molecule has 1 aromatic rings. The van der Waals surface area contributed by atoms with Crippen LogP contribution >= 0.6 is 0 Å². The molecule has 4 nitrogen and oxygen atoms in total. The molecule has 1 saturated carbocycles. The first-order chi connectivity index (χ1) is 12.0. The number of hydrogen-bond acceptors (Lipinski definition) is 3. The number of allylic oxidation sites excluding steroid dienone is 4. The van der Waals surface area contributed by atoms with E-state index in [-0.39, 0.29) is 16.7 Å². The normalized spacial score (nSPS) is 42.6. The van der Waals surface area contributed by atoms with Crippen LogP contribution in [-0.2, 0) is 4.79 Å². The summed E-state index contributed by atoms with van der Waals surface area (Å²) in [6, 6.07) is 0. The Morgan fingerprint density at radius 2 is 2.04 bits per heavy atom. The lowest BCUT2D eigenvalue weighted by atomic mass is 9.49. The van der Waals surface area contributed by atoms with E-state index in [4.69, 9.17) is 4.52 Å². The van der Waals surface area contributed by atoms with Crippen LogP contribution in [0.25, 0.3) is 5.57 Å². The van der Waals surface area contributed by atoms with Gasteiger partial charge >= 0.3 is 0 Å². The largest absolute Gasteiger partial charge is 0.364 e. The van der Waals surface area contributed by atoms with Gasteiger partial charge in [0.1, 0.15) is 6.26 Å². The first-order valence-electron chi connectivity index (χ1n) is 9.63. The Kier molecular flexibility index (Phi) is 3.14. The molecule has 1 saturated heterocycles. The predicted molar refractivity (Wildman–Crippen MR) is 95.1 cm³/mol. The van der Waals surface area contributed by atoms with E-state index >= 15 is 0 Å². The maximum atomic E-state index is 11.9. The van der Waals surface area contributed by atoms with Crippen LogP contribution in [0.5, 0.6) is 0 Å². The second-order valence-corrected chi connectivity index (χ2v) is 8.92. The predicted octanol–water partition coefficient (Wildman–Crippen LogP) is 4.31. The standard InChI is InChI=1S/C21H26N2O2/c1-20-9-7-17-14(3-6-18-21(17,2)10-8-19(24)23-18)16(20)5-4-15(20)13-11-22-25-12-13/h4,6,11-12,14,16-17H,3,5,7-10H2,1-2H3,(H,23,24)/t14-,16-,17-,20+,21+/m0/s1. The quantitative estimate of drug-likeness (QED) is 0.830. The molecule has 0 aromatic carbocycles. The maximum absolute atomic E-state index is 11.9. The summed E-state index contributed by atoms with van der Waals surface area (Å²) >= 11 is 0. The van der Waals surface area contributed by atoms with Crippen molar-refractivity contribution in [1.29, 1.82) is 0 Å². The number of amides is 1. The lowest BCUT2D eigenvalue weighted by molar-refractivity contribution is -0.124. The van der Waals surface area contributed by atoms with Crippen molar-refractivity contribution in [2.24, 2.45) is 28.6 Å². The van der Waals surface area contributed by atoms with Crippen LogP contribution in [0.1, 0.15) is 57.9 Å². The van der Waals surface area contributed by atoms with E-state index in [1.54, 1.807) is 6.26 Å². The van der Waals surface area contributed by atoms with Crippen molar-refractivity contribution >= 4 is 11.5 Å². The van der Waals surface area contributed by atoms with Crippen LogP contribution in [0.3, 0.4) is 0 Å². The molecular formula is C21H26N2O2. The van der Waals surface area contributed by atoms with Crippen molar-refractivity contribution in [2.45, 2.75) is 52.4 Å². The highest BCUT2D eigenvalue weighted by molar-refractivity contribution is 5.79. The van der Waals surface area contributed by atoms with Gasteiger partial charge in [0, 0.05) is 23.1 Å². The van der Waals surface area contributed by atoms with Gasteiger partial charge in [-0.2, -0.15) is 0 Å². The molecule has 4 aliphatic rings. The zero-order valence-electron chi connectivity index (χ0n) is 15.0. The van der Waals surface area contributed by atoms with Crippen LogP contribution in [-0.4, -0.2) is 11.1 Å². The summed E-state index contributed by atoms with van der Waals surface area (Å²) in [7, 11) is 0. The van der Waals surface area contributed by atoms with Gasteiger partial charge in [0.2, 0.25) is 5.91 Å². The molecule has 5 atom stereocenters. The second-order valence-electron chi connectivity index (χ2n) is 8.92. The van der Waals surface area contributed by atoms with Gasteiger partial charge in [0.05, 0.1) is 6.20 Å². The Hall–Kier alpha value is -1.84. The lowest BCUT2D eigenvalue weighted by Gasteiger charge is -2.56. The molecule has 1 aliphatic heterocycles. The van der Waals surface area contributed by atoms with Crippen LogP contribution < -0.4 is 5.32 Å². The summed E-state index contributed by atoms with van der Waals surface area (Å²) in [5.74, 6) is 2.26. The zero-order chi connectivity index (χ0) is 17.2. The third-order valence-electron chi connectivity index (χ3n) is 7.93. The summed E-state index contributed by atoms with van der Waals surface area (Å²) in [5.41, 5.74) is 4.18. The molecule has 0 unspecified atom stereocenters. The monoisotopic (exact) mass is 338 g/mol. The molecule has 132 valence electrons. The van der Waals surface area contributed by atoms with Crippen molar-refractivity contribution in [3.8, 4) is 0 Å². The minimum Gasteiger partial charge on any atom is -0.364 e. The molecule has 1 aromatic heterocycles. The van der Waals surface area contributed by atoms with Gasteiger partial charge in [-0.3, -0.25) is 4.79 Å². The van der Waals surface area contributed by atoms with E-state index in [1.807, 2.05) is 6.20 Å². The maximum Gasteiger partial charge on any atom is 0.224 e. The lowest BCUT2D eigenvalue weighted by Crippen LogP contribution is -2.52. The molecule has 3 aliphatic carbocycles. The summed E-state index contributed by atoms with van der Waals surface area (Å²) in [6.07, 6.45) is 14.8. The van der Waals surface area contributed by atoms with E-state index in [0.717, 1.165) is 24.8 Å². The van der Waals surface area contributed by atoms with Crippen LogP contribution in [0.15, 0.2) is 34.8 Å². The number of nitrogens with one attached hydrogen (secondary N) is 1. The van der Waals surface area contributed by atoms with Gasteiger partial charge in [-0.05, 0) is 60.8 Å². The third kappa shape index (κ3) is 2.00. The highest BCUT2D eigenvalue weighted by atomic mass is 16.5. The second kappa shape index (κ2) is 5.09. The molecule has 0 spiro atoms. The summed E-state index contributed by atoms with van der Waals surface area (Å²) in [5, 5.41) is 7.10. The molecule has 0 bridgehead atoms. The number of fused-ring (bicyclic) bond motifs is 5. The minimum absolute atomic E-state index is 0.151. The van der Waals surface area contributed by atoms with Crippen molar-refractivity contribution in [1.82, 2.24) is 10.5 Å². The number of carbonyl (C=O) groups is 1. The molecule has 5 rings (SSSR count). The van der Waals surface area contributed by atoms with Crippen LogP contribution in [0, 0.1) is 28.6 Å². The summed E-state index contributed by atoms with van der Waals surface area (Å²) < 4.78 is 5.11. The summed E-state index contributed by atoms with van der Waals surface area (Å²) in [4.78, 5) is 11.9. The molecule has 4 heteroatoms. The number of piperidine rings is 1. The van der Waals surface area contributed by atoms with Crippen LogP contribution in [0.2, 0.25) is 0 Å². The molecule has 0 radical (unpaired) electrons. The third-order valence-corrected chi connectivity index (χ3v) is 7.93. The van der Waals surface area contributed by atoms with E-state index in [2.05, 4.69) is 36.5 Å². The first-order valence-corrected chi connectivity index (χ1v) is 9.63. The smallest absolute Gasteiger partial charge is 0.224 e. The molecule has 25 heavy (non-hydrogen) atoms. The SMILES string of the molecule is C[C@]12CCC(=O)NC1=CC[C@@H]1[C@@H]2CC[C@]2(C)C(c3cnoc3)=CC[C@@H]12. The van der Waals surface area contributed by atoms with E-state index < -0.39 is 0 Å². The Labute approximate surface area is 148 Å². The fraction of sp³-hybridized carbons (Fsp3) is 0.619. The number of carbonyl (C=O) groups excluding carboxylic acids is 1. The van der Waals surface area contributed by atoms with Crippen molar-refractivity contribution in [2.75, 3.05) is 0 Å². The number of aromatic nitrogens is 1. The van der Waals surface area contributed by atoms with Gasteiger partial charge < -0.3 is 9.84 Å². The van der Waals surface area contributed by atoms with Gasteiger partial charge in [-0.25, -0.2) is 0 Å². The zero-order valence-corrected chi connectivity index (χ0v) is 15.0. The highest BCUT2D eigenvalue weighted by Gasteiger charge is 2.57. The fourth-order valence-electron chi connectivity index (χ4n) is 6.55. The van der Waals surface area contributed by atoms with Gasteiger partial charge in [0.15, 0.2) is 0 Å². The van der Waals surface area contributed by atoms with Crippen molar-refractivity contribution in [3.05, 3.63) is 35.9 Å². The molecule has 2 fully saturated rings. The number of rotatable bonds is 1. The Morgan fingerprint density at radius 1 is 1.16 bits per heavy atom. The minimum atomic E-state index is 0.151. The Bertz CT molecular complexity index is 778. The van der Waals surface area contributed by atoms with Gasteiger partial charge in [-0.1, -0.05) is 31.2 Å². The molecule has 2 heterocycles. The number of hydrogen-bond donors (Lipinski definition) is 1. The molecule has 1 N–H and O–H groups in total. The highest BCUT2D eigenvalue weighted by Crippen LogP contribution is 2.65. The van der Waals surface area contributed by atoms with Gasteiger partial charge in [0.25, 0.3) is 0 Å². The summed E-state index contributed by atoms with van der Waals surface area (Å²) in [6.45, 7) is 4.84.